The molecule has 1 heterocycles. The van der Waals surface area contributed by atoms with Crippen molar-refractivity contribution in [1.82, 2.24) is 4.90 Å². The molecular weight excluding hydrogens is 356 g/mol. The molecule has 1 aliphatic heterocycles. The van der Waals surface area contributed by atoms with E-state index in [1.54, 1.807) is 11.0 Å². The monoisotopic (exact) mass is 384 g/mol. The van der Waals surface area contributed by atoms with Crippen LogP contribution in [0.2, 0.25) is 0 Å². The number of rotatable bonds is 7. The van der Waals surface area contributed by atoms with E-state index < -0.39 is 9.84 Å². The van der Waals surface area contributed by atoms with Crippen molar-refractivity contribution >= 4 is 15.7 Å². The summed E-state index contributed by atoms with van der Waals surface area (Å²) in [6.45, 7) is 2.53. The lowest BCUT2D eigenvalue weighted by Crippen LogP contribution is -2.51. The summed E-state index contributed by atoms with van der Waals surface area (Å²) in [4.78, 5) is 14.4. The first-order valence-electron chi connectivity index (χ1n) is 8.80. The lowest BCUT2D eigenvalue weighted by atomic mass is 9.96. The molecule has 0 radical (unpaired) electrons. The number of hydrogen-bond acceptors (Lipinski definition) is 6. The van der Waals surface area contributed by atoms with Gasteiger partial charge in [-0.15, -0.1) is 0 Å². The summed E-state index contributed by atoms with van der Waals surface area (Å²) in [5.74, 6) is 0.392. The quantitative estimate of drug-likeness (QED) is 0.767. The van der Waals surface area contributed by atoms with Crippen LogP contribution >= 0.6 is 0 Å². The van der Waals surface area contributed by atoms with Crippen LogP contribution in [0.3, 0.4) is 0 Å². The Kier molecular flexibility index (Phi) is 6.88. The van der Waals surface area contributed by atoms with Gasteiger partial charge in [-0.05, 0) is 38.3 Å². The predicted molar refractivity (Wildman–Crippen MR) is 99.2 cm³/mol. The maximum absolute atomic E-state index is 12.6. The van der Waals surface area contributed by atoms with Gasteiger partial charge in [0, 0.05) is 31.1 Å². The highest BCUT2D eigenvalue weighted by Gasteiger charge is 2.30. The minimum Gasteiger partial charge on any atom is -0.493 e. The second-order valence-electron chi connectivity index (χ2n) is 6.60. The summed E-state index contributed by atoms with van der Waals surface area (Å²) >= 11 is 0. The van der Waals surface area contributed by atoms with E-state index in [1.807, 2.05) is 6.92 Å². The van der Waals surface area contributed by atoms with E-state index >= 15 is 0 Å². The van der Waals surface area contributed by atoms with Crippen LogP contribution in [-0.2, 0) is 14.6 Å². The molecule has 1 fully saturated rings. The Bertz CT molecular complexity index is 733. The molecule has 7 nitrogen and oxygen atoms in total. The van der Waals surface area contributed by atoms with Crippen LogP contribution in [0, 0.1) is 0 Å². The standard InChI is InChI=1S/C18H28N2O5S/c1-13(19)15-6-4-5-10-20(15)18(21)9-11-26(22,23)14-7-8-16(24-2)17(12-14)25-3/h7-8,12-13,15H,4-6,9-11,19H2,1-3H3/t13-,15+/m0/s1. The highest BCUT2D eigenvalue weighted by molar-refractivity contribution is 7.91. The molecule has 146 valence electrons. The minimum atomic E-state index is -3.60. The van der Waals surface area contributed by atoms with E-state index in [-0.39, 0.29) is 35.1 Å². The zero-order chi connectivity index (χ0) is 19.3. The molecule has 1 amide bonds. The Morgan fingerprint density at radius 2 is 1.96 bits per heavy atom. The van der Waals surface area contributed by atoms with E-state index in [2.05, 4.69) is 0 Å². The highest BCUT2D eigenvalue weighted by atomic mass is 32.2. The Labute approximate surface area is 155 Å². The fraction of sp³-hybridized carbons (Fsp3) is 0.611. The van der Waals surface area contributed by atoms with Crippen LogP contribution in [0.15, 0.2) is 23.1 Å². The van der Waals surface area contributed by atoms with E-state index in [1.165, 1.54) is 26.4 Å². The number of carbonyl (C=O) groups excluding carboxylic acids is 1. The third-order valence-corrected chi connectivity index (χ3v) is 6.49. The van der Waals surface area contributed by atoms with Gasteiger partial charge in [-0.2, -0.15) is 0 Å². The first kappa shape index (κ1) is 20.5. The number of hydrogen-bond donors (Lipinski definition) is 1. The fourth-order valence-electron chi connectivity index (χ4n) is 3.31. The number of methoxy groups -OCH3 is 2. The largest absolute Gasteiger partial charge is 0.493 e. The van der Waals surface area contributed by atoms with Gasteiger partial charge in [0.25, 0.3) is 0 Å². The van der Waals surface area contributed by atoms with E-state index in [0.717, 1.165) is 19.3 Å². The number of sulfone groups is 1. The van der Waals surface area contributed by atoms with Gasteiger partial charge in [-0.3, -0.25) is 4.79 Å². The molecule has 0 bridgehead atoms. The smallest absolute Gasteiger partial charge is 0.223 e. The molecule has 8 heteroatoms. The van der Waals surface area contributed by atoms with E-state index in [0.29, 0.717) is 18.0 Å². The molecule has 1 aromatic rings. The van der Waals surface area contributed by atoms with Crippen LogP contribution in [0.1, 0.15) is 32.6 Å². The third kappa shape index (κ3) is 4.67. The molecule has 1 saturated heterocycles. The molecule has 0 aliphatic carbocycles. The summed E-state index contributed by atoms with van der Waals surface area (Å²) in [6, 6.07) is 4.29. The van der Waals surface area contributed by atoms with Crippen molar-refractivity contribution in [3.8, 4) is 11.5 Å². The van der Waals surface area contributed by atoms with Crippen molar-refractivity contribution in [1.29, 1.82) is 0 Å². The Morgan fingerprint density at radius 1 is 1.27 bits per heavy atom. The number of amides is 1. The first-order chi connectivity index (χ1) is 12.3. The summed E-state index contributed by atoms with van der Waals surface area (Å²) in [7, 11) is -0.673. The second kappa shape index (κ2) is 8.73. The van der Waals surface area contributed by atoms with Crippen LogP contribution in [0.5, 0.6) is 11.5 Å². The first-order valence-corrected chi connectivity index (χ1v) is 10.4. The highest BCUT2D eigenvalue weighted by Crippen LogP contribution is 2.30. The van der Waals surface area contributed by atoms with Gasteiger partial charge < -0.3 is 20.1 Å². The molecule has 1 aliphatic rings. The third-order valence-electron chi connectivity index (χ3n) is 4.78. The number of carbonyl (C=O) groups is 1. The van der Waals surface area contributed by atoms with Crippen LogP contribution in [-0.4, -0.2) is 57.8 Å². The van der Waals surface area contributed by atoms with E-state index in [9.17, 15) is 13.2 Å². The normalized spacial score (nSPS) is 19.1. The zero-order valence-corrected chi connectivity index (χ0v) is 16.4. The van der Waals surface area contributed by atoms with Gasteiger partial charge in [-0.1, -0.05) is 0 Å². The molecular formula is C18H28N2O5S. The molecule has 2 rings (SSSR count). The van der Waals surface area contributed by atoms with E-state index in [4.69, 9.17) is 15.2 Å². The minimum absolute atomic E-state index is 0.0139. The number of nitrogens with two attached hydrogens (primary N) is 1. The van der Waals surface area contributed by atoms with Gasteiger partial charge in [0.15, 0.2) is 21.3 Å². The maximum Gasteiger partial charge on any atom is 0.223 e. The average molecular weight is 384 g/mol. The lowest BCUT2D eigenvalue weighted by molar-refractivity contribution is -0.134. The number of ether oxygens (including phenoxy) is 2. The molecule has 0 unspecified atom stereocenters. The number of nitrogens with zero attached hydrogens (tertiary/aromatic N) is 1. The lowest BCUT2D eigenvalue weighted by Gasteiger charge is -2.38. The number of likely N-dealkylation sites (tertiary alicyclic amines) is 1. The fourth-order valence-corrected chi connectivity index (χ4v) is 4.55. The SMILES string of the molecule is COc1ccc(S(=O)(=O)CCC(=O)N2CCCC[C@@H]2[C@H](C)N)cc1OC. The summed E-state index contributed by atoms with van der Waals surface area (Å²) in [6.07, 6.45) is 2.78. The average Bonchev–Trinajstić information content (AvgIpc) is 2.65. The van der Waals surface area contributed by atoms with Gasteiger partial charge in [0.1, 0.15) is 0 Å². The molecule has 0 saturated carbocycles. The van der Waals surface area contributed by atoms with Gasteiger partial charge in [-0.25, -0.2) is 8.42 Å². The Balaban J connectivity index is 2.08. The number of benzene rings is 1. The molecule has 0 aromatic heterocycles. The number of piperidine rings is 1. The maximum atomic E-state index is 12.6. The van der Waals surface area contributed by atoms with Crippen LogP contribution < -0.4 is 15.2 Å². The van der Waals surface area contributed by atoms with Crippen LogP contribution in [0.25, 0.3) is 0 Å². The molecule has 26 heavy (non-hydrogen) atoms. The van der Waals surface area contributed by atoms with Crippen molar-refractivity contribution in [3.63, 3.8) is 0 Å². The molecule has 1 aromatic carbocycles. The van der Waals surface area contributed by atoms with Crippen molar-refractivity contribution in [2.75, 3.05) is 26.5 Å². The van der Waals surface area contributed by atoms with Crippen molar-refractivity contribution in [2.24, 2.45) is 5.73 Å². The molecule has 0 spiro atoms. The molecule has 2 atom stereocenters. The second-order valence-corrected chi connectivity index (χ2v) is 8.70. The van der Waals surface area contributed by atoms with Crippen LogP contribution in [0.4, 0.5) is 0 Å². The topological polar surface area (TPSA) is 98.9 Å². The summed E-state index contributed by atoms with van der Waals surface area (Å²) < 4.78 is 35.5. The van der Waals surface area contributed by atoms with Crippen molar-refractivity contribution < 1.29 is 22.7 Å². The van der Waals surface area contributed by atoms with Crippen molar-refractivity contribution in [3.05, 3.63) is 18.2 Å². The van der Waals surface area contributed by atoms with Gasteiger partial charge >= 0.3 is 0 Å². The van der Waals surface area contributed by atoms with Gasteiger partial charge in [0.05, 0.1) is 24.9 Å². The van der Waals surface area contributed by atoms with Gasteiger partial charge in [0.2, 0.25) is 5.91 Å². The van der Waals surface area contributed by atoms with Crippen molar-refractivity contribution in [2.45, 2.75) is 49.6 Å². The predicted octanol–water partition coefficient (Wildman–Crippen LogP) is 1.60. The summed E-state index contributed by atoms with van der Waals surface area (Å²) in [5.41, 5.74) is 5.99. The Morgan fingerprint density at radius 3 is 2.58 bits per heavy atom. The Hall–Kier alpha value is -1.80. The summed E-state index contributed by atoms with van der Waals surface area (Å²) in [5, 5.41) is 0. The zero-order valence-electron chi connectivity index (χ0n) is 15.6. The molecule has 2 N–H and O–H groups in total.